The molecule has 0 fully saturated rings. The summed E-state index contributed by atoms with van der Waals surface area (Å²) in [4.78, 5) is 25.2. The number of hydrogen-bond donors (Lipinski definition) is 3. The van der Waals surface area contributed by atoms with Crippen LogP contribution in [0.1, 0.15) is 15.9 Å². The number of amides is 3. The van der Waals surface area contributed by atoms with Crippen molar-refractivity contribution in [2.24, 2.45) is 0 Å². The van der Waals surface area contributed by atoms with Crippen molar-refractivity contribution in [3.8, 4) is 5.75 Å². The van der Waals surface area contributed by atoms with Crippen molar-refractivity contribution in [3.63, 3.8) is 0 Å². The molecule has 0 bridgehead atoms. The van der Waals surface area contributed by atoms with Crippen LogP contribution in [0.4, 0.5) is 21.9 Å². The highest BCUT2D eigenvalue weighted by Crippen LogP contribution is 2.19. The Morgan fingerprint density at radius 2 is 1.18 bits per heavy atom. The number of anilines is 3. The summed E-state index contributed by atoms with van der Waals surface area (Å²) in [6.07, 6.45) is 0. The van der Waals surface area contributed by atoms with Gasteiger partial charge in [0.05, 0.1) is 0 Å². The van der Waals surface area contributed by atoms with E-state index in [-0.39, 0.29) is 18.5 Å². The van der Waals surface area contributed by atoms with Gasteiger partial charge in [-0.1, -0.05) is 60.7 Å². The minimum atomic E-state index is -0.368. The lowest BCUT2D eigenvalue weighted by Crippen LogP contribution is -2.19. The minimum Gasteiger partial charge on any atom is -0.489 e. The third-order valence-electron chi connectivity index (χ3n) is 4.81. The van der Waals surface area contributed by atoms with Gasteiger partial charge in [-0.05, 0) is 48.5 Å². The average Bonchev–Trinajstić information content (AvgIpc) is 2.84. The van der Waals surface area contributed by atoms with Crippen LogP contribution >= 0.6 is 0 Å². The zero-order valence-corrected chi connectivity index (χ0v) is 17.8. The maximum absolute atomic E-state index is 13.0. The van der Waals surface area contributed by atoms with E-state index in [1.807, 2.05) is 66.7 Å². The molecule has 6 nitrogen and oxygen atoms in total. The zero-order valence-electron chi connectivity index (χ0n) is 17.8. The van der Waals surface area contributed by atoms with E-state index in [4.69, 9.17) is 4.74 Å². The molecule has 0 unspecified atom stereocenters. The van der Waals surface area contributed by atoms with Crippen molar-refractivity contribution in [1.82, 2.24) is 0 Å². The molecule has 0 atom stereocenters. The van der Waals surface area contributed by atoms with E-state index < -0.39 is 0 Å². The fourth-order valence-electron chi connectivity index (χ4n) is 3.23. The largest absolute Gasteiger partial charge is 0.489 e. The highest BCUT2D eigenvalue weighted by Gasteiger charge is 2.12. The highest BCUT2D eigenvalue weighted by atomic mass is 16.5. The molecule has 164 valence electrons. The molecule has 0 aliphatic rings. The van der Waals surface area contributed by atoms with E-state index >= 15 is 0 Å². The molecule has 0 aliphatic heterocycles. The molecule has 6 heteroatoms. The van der Waals surface area contributed by atoms with Crippen LogP contribution in [-0.4, -0.2) is 11.9 Å². The normalized spacial score (nSPS) is 10.2. The molecule has 4 aromatic carbocycles. The first kappa shape index (κ1) is 21.6. The summed E-state index contributed by atoms with van der Waals surface area (Å²) in [5.74, 6) is 0.480. The molecular formula is C27H23N3O3. The number of hydrogen-bond acceptors (Lipinski definition) is 3. The predicted molar refractivity (Wildman–Crippen MR) is 131 cm³/mol. The van der Waals surface area contributed by atoms with E-state index in [2.05, 4.69) is 16.0 Å². The van der Waals surface area contributed by atoms with Crippen molar-refractivity contribution in [2.75, 3.05) is 16.0 Å². The van der Waals surface area contributed by atoms with Crippen molar-refractivity contribution >= 4 is 29.0 Å². The standard InChI is InChI=1S/C27H23N3O3/c31-26(25-17-8-7-10-20(25)19-33-24-15-5-2-6-16-24)28-22-13-9-14-23(18-22)30-27(32)29-21-11-3-1-4-12-21/h1-18H,19H2,(H,28,31)(H2,29,30,32). The van der Waals surface area contributed by atoms with Crippen molar-refractivity contribution in [3.05, 3.63) is 120 Å². The molecule has 4 rings (SSSR count). The van der Waals surface area contributed by atoms with Gasteiger partial charge in [-0.15, -0.1) is 0 Å². The summed E-state index contributed by atoms with van der Waals surface area (Å²) in [5.41, 5.74) is 3.11. The van der Waals surface area contributed by atoms with Crippen LogP contribution in [0.2, 0.25) is 0 Å². The summed E-state index contributed by atoms with van der Waals surface area (Å²) in [6, 6.07) is 32.5. The first-order chi connectivity index (χ1) is 16.2. The molecule has 4 aromatic rings. The van der Waals surface area contributed by atoms with E-state index in [1.165, 1.54) is 0 Å². The number of carbonyl (C=O) groups excluding carboxylic acids is 2. The maximum atomic E-state index is 13.0. The Labute approximate surface area is 192 Å². The van der Waals surface area contributed by atoms with E-state index in [9.17, 15) is 9.59 Å². The molecule has 0 radical (unpaired) electrons. The van der Waals surface area contributed by atoms with Gasteiger partial charge in [-0.25, -0.2) is 4.79 Å². The molecule has 3 amide bonds. The molecule has 0 aromatic heterocycles. The zero-order chi connectivity index (χ0) is 22.9. The van der Waals surface area contributed by atoms with E-state index in [0.29, 0.717) is 22.6 Å². The second-order valence-corrected chi connectivity index (χ2v) is 7.24. The van der Waals surface area contributed by atoms with Crippen molar-refractivity contribution < 1.29 is 14.3 Å². The van der Waals surface area contributed by atoms with Crippen molar-refractivity contribution in [2.45, 2.75) is 6.61 Å². The SMILES string of the molecule is O=C(Nc1ccccc1)Nc1cccc(NC(=O)c2ccccc2COc2ccccc2)c1. The Morgan fingerprint density at radius 1 is 0.606 bits per heavy atom. The quantitative estimate of drug-likeness (QED) is 0.324. The minimum absolute atomic E-state index is 0.256. The van der Waals surface area contributed by atoms with Crippen LogP contribution in [0, 0.1) is 0 Å². The number of para-hydroxylation sites is 2. The molecule has 0 aliphatic carbocycles. The third kappa shape index (κ3) is 6.21. The summed E-state index contributed by atoms with van der Waals surface area (Å²) in [7, 11) is 0. The van der Waals surface area contributed by atoms with E-state index in [1.54, 1.807) is 42.5 Å². The number of urea groups is 1. The molecule has 0 heterocycles. The molecule has 0 saturated heterocycles. The van der Waals surface area contributed by atoms with Gasteiger partial charge in [-0.2, -0.15) is 0 Å². The molecule has 0 saturated carbocycles. The van der Waals surface area contributed by atoms with Crippen LogP contribution in [0.15, 0.2) is 109 Å². The Morgan fingerprint density at radius 3 is 1.94 bits per heavy atom. The lowest BCUT2D eigenvalue weighted by molar-refractivity contribution is 0.102. The van der Waals surface area contributed by atoms with Crippen LogP contribution < -0.4 is 20.7 Å². The average molecular weight is 437 g/mol. The van der Waals surface area contributed by atoms with Crippen LogP contribution in [0.5, 0.6) is 5.75 Å². The van der Waals surface area contributed by atoms with Gasteiger partial charge in [0.1, 0.15) is 12.4 Å². The second-order valence-electron chi connectivity index (χ2n) is 7.24. The monoisotopic (exact) mass is 437 g/mol. The van der Waals surface area contributed by atoms with Gasteiger partial charge < -0.3 is 20.7 Å². The predicted octanol–water partition coefficient (Wildman–Crippen LogP) is 6.16. The fraction of sp³-hybridized carbons (Fsp3) is 0.0370. The molecule has 33 heavy (non-hydrogen) atoms. The smallest absolute Gasteiger partial charge is 0.323 e. The van der Waals surface area contributed by atoms with Gasteiger partial charge in [-0.3, -0.25) is 4.79 Å². The van der Waals surface area contributed by atoms with Gasteiger partial charge >= 0.3 is 6.03 Å². The molecular weight excluding hydrogens is 414 g/mol. The van der Waals surface area contributed by atoms with Gasteiger partial charge in [0, 0.05) is 28.2 Å². The Kier molecular flexibility index (Phi) is 6.98. The lowest BCUT2D eigenvalue weighted by atomic mass is 10.1. The topological polar surface area (TPSA) is 79.5 Å². The maximum Gasteiger partial charge on any atom is 0.323 e. The first-order valence-electron chi connectivity index (χ1n) is 10.5. The van der Waals surface area contributed by atoms with E-state index in [0.717, 1.165) is 11.3 Å². The summed E-state index contributed by atoms with van der Waals surface area (Å²) < 4.78 is 5.81. The third-order valence-corrected chi connectivity index (χ3v) is 4.81. The Bertz CT molecular complexity index is 1230. The molecule has 0 spiro atoms. The number of benzene rings is 4. The number of rotatable bonds is 7. The highest BCUT2D eigenvalue weighted by molar-refractivity contribution is 6.06. The second kappa shape index (κ2) is 10.6. The molecule has 3 N–H and O–H groups in total. The van der Waals surface area contributed by atoms with Crippen molar-refractivity contribution in [1.29, 1.82) is 0 Å². The number of nitrogens with one attached hydrogen (secondary N) is 3. The number of ether oxygens (including phenoxy) is 1. The summed E-state index contributed by atoms with van der Waals surface area (Å²) in [5, 5.41) is 8.43. The van der Waals surface area contributed by atoms with Crippen LogP contribution in [0.25, 0.3) is 0 Å². The summed E-state index contributed by atoms with van der Waals surface area (Å²) >= 11 is 0. The fourth-order valence-corrected chi connectivity index (χ4v) is 3.23. The van der Waals surface area contributed by atoms with Crippen LogP contribution in [-0.2, 0) is 6.61 Å². The van der Waals surface area contributed by atoms with Gasteiger partial charge in [0.25, 0.3) is 5.91 Å². The number of carbonyl (C=O) groups is 2. The summed E-state index contributed by atoms with van der Waals surface area (Å²) in [6.45, 7) is 0.273. The lowest BCUT2D eigenvalue weighted by Gasteiger charge is -2.13. The van der Waals surface area contributed by atoms with Gasteiger partial charge in [0.15, 0.2) is 0 Å². The van der Waals surface area contributed by atoms with Gasteiger partial charge in [0.2, 0.25) is 0 Å². The van der Waals surface area contributed by atoms with Crippen LogP contribution in [0.3, 0.4) is 0 Å². The Balaban J connectivity index is 1.40. The first-order valence-corrected chi connectivity index (χ1v) is 10.5. The Hall–Kier alpha value is -4.58.